The van der Waals surface area contributed by atoms with E-state index in [1.807, 2.05) is 4.90 Å². The number of carbonyl (C=O) groups is 1. The molecule has 0 saturated carbocycles. The summed E-state index contributed by atoms with van der Waals surface area (Å²) >= 11 is 1.66. The molecule has 2 saturated heterocycles. The number of piperidine rings is 1. The van der Waals surface area contributed by atoms with Gasteiger partial charge < -0.3 is 9.64 Å². The number of aryl methyl sites for hydroxylation is 1. The number of carbonyl (C=O) groups excluding carboxylic acids is 1. The first-order valence-electron chi connectivity index (χ1n) is 7.00. The Morgan fingerprint density at radius 2 is 2.42 bits per heavy atom. The molecule has 1 spiro atoms. The van der Waals surface area contributed by atoms with Crippen LogP contribution in [0.25, 0.3) is 0 Å². The number of ether oxygens (including phenoxy) is 1. The summed E-state index contributed by atoms with van der Waals surface area (Å²) in [6, 6.07) is 0. The van der Waals surface area contributed by atoms with Crippen LogP contribution in [0.2, 0.25) is 0 Å². The maximum atomic E-state index is 12.1. The molecule has 1 aromatic heterocycles. The van der Waals surface area contributed by atoms with Crippen LogP contribution in [-0.4, -0.2) is 35.5 Å². The zero-order chi connectivity index (χ0) is 13.3. The van der Waals surface area contributed by atoms with E-state index in [9.17, 15) is 4.79 Å². The molecular weight excluding hydrogens is 260 g/mol. The summed E-state index contributed by atoms with van der Waals surface area (Å²) in [6.07, 6.45) is 3.70. The van der Waals surface area contributed by atoms with Gasteiger partial charge in [0, 0.05) is 30.4 Å². The van der Waals surface area contributed by atoms with Crippen LogP contribution >= 0.6 is 11.3 Å². The first kappa shape index (κ1) is 13.1. The van der Waals surface area contributed by atoms with E-state index < -0.39 is 0 Å². The van der Waals surface area contributed by atoms with E-state index in [0.29, 0.717) is 13.0 Å². The molecule has 2 fully saturated rings. The van der Waals surface area contributed by atoms with Crippen LogP contribution < -0.4 is 0 Å². The predicted molar refractivity (Wildman–Crippen MR) is 74.0 cm³/mol. The van der Waals surface area contributed by atoms with Crippen molar-refractivity contribution in [3.63, 3.8) is 0 Å². The van der Waals surface area contributed by atoms with Crippen LogP contribution in [0.1, 0.15) is 36.9 Å². The van der Waals surface area contributed by atoms with Gasteiger partial charge in [-0.2, -0.15) is 0 Å². The molecular formula is C14H20N2O2S. The molecule has 3 heterocycles. The number of thiazole rings is 1. The van der Waals surface area contributed by atoms with E-state index in [-0.39, 0.29) is 11.3 Å². The van der Waals surface area contributed by atoms with Crippen molar-refractivity contribution >= 4 is 17.2 Å². The molecule has 0 bridgehead atoms. The minimum absolute atomic E-state index is 0.221. The van der Waals surface area contributed by atoms with E-state index in [2.05, 4.69) is 17.3 Å². The zero-order valence-electron chi connectivity index (χ0n) is 11.4. The highest BCUT2D eigenvalue weighted by Crippen LogP contribution is 2.38. The summed E-state index contributed by atoms with van der Waals surface area (Å²) in [7, 11) is 0. The smallest absolute Gasteiger partial charge is 0.222 e. The number of aromatic nitrogens is 1. The highest BCUT2D eigenvalue weighted by atomic mass is 32.1. The Hall–Kier alpha value is -0.940. The summed E-state index contributed by atoms with van der Waals surface area (Å²) in [4.78, 5) is 18.6. The molecule has 3 rings (SSSR count). The molecule has 0 aromatic carbocycles. The van der Waals surface area contributed by atoms with E-state index >= 15 is 0 Å². The average Bonchev–Trinajstić information content (AvgIpc) is 3.04. The summed E-state index contributed by atoms with van der Waals surface area (Å²) in [5, 5.41) is 3.15. The van der Waals surface area contributed by atoms with E-state index in [1.54, 1.807) is 11.3 Å². The van der Waals surface area contributed by atoms with Crippen molar-refractivity contribution in [2.24, 2.45) is 5.41 Å². The molecule has 0 aliphatic carbocycles. The van der Waals surface area contributed by atoms with Crippen LogP contribution in [0.15, 0.2) is 5.38 Å². The first-order chi connectivity index (χ1) is 9.21. The van der Waals surface area contributed by atoms with E-state index in [1.165, 1.54) is 0 Å². The van der Waals surface area contributed by atoms with Crippen LogP contribution in [0.3, 0.4) is 0 Å². The number of amides is 1. The topological polar surface area (TPSA) is 42.4 Å². The van der Waals surface area contributed by atoms with Gasteiger partial charge in [0.15, 0.2) is 0 Å². The fourth-order valence-corrected chi connectivity index (χ4v) is 3.86. The van der Waals surface area contributed by atoms with Crippen molar-refractivity contribution in [2.45, 2.75) is 39.2 Å². The van der Waals surface area contributed by atoms with Crippen LogP contribution in [0.4, 0.5) is 0 Å². The second-order valence-corrected chi connectivity index (χ2v) is 6.58. The lowest BCUT2D eigenvalue weighted by atomic mass is 9.79. The molecule has 1 amide bonds. The van der Waals surface area contributed by atoms with E-state index in [4.69, 9.17) is 4.74 Å². The number of nitrogens with zero attached hydrogens (tertiary/aromatic N) is 2. The maximum absolute atomic E-state index is 12.1. The third-order valence-electron chi connectivity index (χ3n) is 4.22. The SMILES string of the molecule is CCc1csc(CN2CC3(CCOC3)CCC2=O)n1. The van der Waals surface area contributed by atoms with Gasteiger partial charge in [-0.15, -0.1) is 11.3 Å². The number of hydrogen-bond acceptors (Lipinski definition) is 4. The highest BCUT2D eigenvalue weighted by Gasteiger charge is 2.41. The van der Waals surface area contributed by atoms with Crippen molar-refractivity contribution in [3.05, 3.63) is 16.1 Å². The highest BCUT2D eigenvalue weighted by molar-refractivity contribution is 7.09. The van der Waals surface area contributed by atoms with Gasteiger partial charge in [-0.1, -0.05) is 6.92 Å². The molecule has 2 aliphatic heterocycles. The van der Waals surface area contributed by atoms with Crippen molar-refractivity contribution in [2.75, 3.05) is 19.8 Å². The van der Waals surface area contributed by atoms with Crippen molar-refractivity contribution in [3.8, 4) is 0 Å². The van der Waals surface area contributed by atoms with Crippen LogP contribution in [0.5, 0.6) is 0 Å². The number of hydrogen-bond donors (Lipinski definition) is 0. The summed E-state index contributed by atoms with van der Waals surface area (Å²) in [6.45, 7) is 5.28. The summed E-state index contributed by atoms with van der Waals surface area (Å²) < 4.78 is 5.54. The molecule has 1 unspecified atom stereocenters. The molecule has 1 atom stereocenters. The molecule has 1 aromatic rings. The lowest BCUT2D eigenvalue weighted by Gasteiger charge is -2.38. The minimum atomic E-state index is 0.221. The quantitative estimate of drug-likeness (QED) is 0.852. The average molecular weight is 280 g/mol. The standard InChI is InChI=1S/C14H20N2O2S/c1-2-11-8-19-12(15-11)7-16-9-14(4-3-13(16)17)5-6-18-10-14/h8H,2-7,9-10H2,1H3. The van der Waals surface area contributed by atoms with Gasteiger partial charge in [0.2, 0.25) is 5.91 Å². The van der Waals surface area contributed by atoms with Crippen LogP contribution in [-0.2, 0) is 22.5 Å². The van der Waals surface area contributed by atoms with Crippen molar-refractivity contribution in [1.29, 1.82) is 0 Å². The lowest BCUT2D eigenvalue weighted by Crippen LogP contribution is -2.46. The Bertz CT molecular complexity index is 466. The van der Waals surface area contributed by atoms with Gasteiger partial charge in [0.05, 0.1) is 18.8 Å². The van der Waals surface area contributed by atoms with Crippen molar-refractivity contribution in [1.82, 2.24) is 9.88 Å². The minimum Gasteiger partial charge on any atom is -0.381 e. The third kappa shape index (κ3) is 2.67. The molecule has 2 aliphatic rings. The molecule has 0 N–H and O–H groups in total. The number of rotatable bonds is 3. The second-order valence-electron chi connectivity index (χ2n) is 5.64. The Morgan fingerprint density at radius 1 is 1.53 bits per heavy atom. The fraction of sp³-hybridized carbons (Fsp3) is 0.714. The normalized spacial score (nSPS) is 27.4. The van der Waals surface area contributed by atoms with Gasteiger partial charge in [-0.3, -0.25) is 4.79 Å². The Balaban J connectivity index is 1.69. The van der Waals surface area contributed by atoms with Gasteiger partial charge in [-0.25, -0.2) is 4.98 Å². The molecule has 5 heteroatoms. The largest absolute Gasteiger partial charge is 0.381 e. The van der Waals surface area contributed by atoms with Crippen LogP contribution in [0, 0.1) is 5.41 Å². The van der Waals surface area contributed by atoms with Crippen molar-refractivity contribution < 1.29 is 9.53 Å². The molecule has 19 heavy (non-hydrogen) atoms. The monoisotopic (exact) mass is 280 g/mol. The Morgan fingerprint density at radius 3 is 3.11 bits per heavy atom. The maximum Gasteiger partial charge on any atom is 0.222 e. The Kier molecular flexibility index (Phi) is 3.58. The molecule has 4 nitrogen and oxygen atoms in total. The molecule has 0 radical (unpaired) electrons. The van der Waals surface area contributed by atoms with Gasteiger partial charge in [-0.05, 0) is 19.3 Å². The molecule has 104 valence electrons. The Labute approximate surface area is 117 Å². The second kappa shape index (κ2) is 5.21. The van der Waals surface area contributed by atoms with E-state index in [0.717, 1.165) is 49.7 Å². The van der Waals surface area contributed by atoms with Gasteiger partial charge in [0.1, 0.15) is 5.01 Å². The predicted octanol–water partition coefficient (Wildman–Crippen LogP) is 2.23. The van der Waals surface area contributed by atoms with Gasteiger partial charge >= 0.3 is 0 Å². The lowest BCUT2D eigenvalue weighted by molar-refractivity contribution is -0.138. The number of likely N-dealkylation sites (tertiary alicyclic amines) is 1. The fourth-order valence-electron chi connectivity index (χ4n) is 2.96. The summed E-state index contributed by atoms with van der Waals surface area (Å²) in [5.41, 5.74) is 1.35. The van der Waals surface area contributed by atoms with Gasteiger partial charge in [0.25, 0.3) is 0 Å². The summed E-state index contributed by atoms with van der Waals surface area (Å²) in [5.74, 6) is 0.269. The zero-order valence-corrected chi connectivity index (χ0v) is 12.2. The third-order valence-corrected chi connectivity index (χ3v) is 5.10. The first-order valence-corrected chi connectivity index (χ1v) is 7.87.